The van der Waals surface area contributed by atoms with Crippen molar-refractivity contribution < 1.29 is 17.9 Å². The third-order valence-corrected chi connectivity index (χ3v) is 3.41. The molecule has 7 nitrogen and oxygen atoms in total. The molecule has 0 heterocycles. The number of hydrogen-bond donors (Lipinski definition) is 3. The maximum atomic E-state index is 11.8. The fourth-order valence-corrected chi connectivity index (χ4v) is 2.25. The zero-order valence-electron chi connectivity index (χ0n) is 9.63. The molecule has 0 aliphatic carbocycles. The number of primary amides is 1. The van der Waals surface area contributed by atoms with Crippen molar-refractivity contribution in [2.45, 2.75) is 4.90 Å². The van der Waals surface area contributed by atoms with Crippen molar-refractivity contribution in [2.75, 3.05) is 25.5 Å². The summed E-state index contributed by atoms with van der Waals surface area (Å²) in [4.78, 5) is 10.4. The van der Waals surface area contributed by atoms with Crippen molar-refractivity contribution in [1.29, 1.82) is 0 Å². The summed E-state index contributed by atoms with van der Waals surface area (Å²) in [6.07, 6.45) is 0. The number of nitrogen functional groups attached to an aromatic ring is 1. The van der Waals surface area contributed by atoms with Gasteiger partial charge in [0, 0.05) is 12.2 Å². The van der Waals surface area contributed by atoms with E-state index in [1.165, 1.54) is 12.1 Å². The Morgan fingerprint density at radius 3 is 2.72 bits per heavy atom. The molecule has 18 heavy (non-hydrogen) atoms. The van der Waals surface area contributed by atoms with Crippen LogP contribution in [0.2, 0.25) is 0 Å². The molecule has 0 radical (unpaired) electrons. The molecule has 1 aromatic carbocycles. The molecular weight excluding hydrogens is 258 g/mol. The summed E-state index contributed by atoms with van der Waals surface area (Å²) >= 11 is 0. The Morgan fingerprint density at radius 1 is 1.39 bits per heavy atom. The lowest BCUT2D eigenvalue weighted by atomic mass is 10.3. The normalized spacial score (nSPS) is 11.3. The third-order valence-electron chi connectivity index (χ3n) is 1.95. The molecule has 0 saturated heterocycles. The van der Waals surface area contributed by atoms with E-state index < -0.39 is 15.9 Å². The van der Waals surface area contributed by atoms with Crippen LogP contribution in [0.15, 0.2) is 29.2 Å². The van der Waals surface area contributed by atoms with Gasteiger partial charge in [-0.1, -0.05) is 6.07 Å². The molecule has 0 aliphatic rings. The van der Waals surface area contributed by atoms with E-state index in [9.17, 15) is 13.2 Å². The van der Waals surface area contributed by atoms with Crippen LogP contribution in [0.4, 0.5) is 5.69 Å². The van der Waals surface area contributed by atoms with Gasteiger partial charge in [0.25, 0.3) is 0 Å². The minimum atomic E-state index is -3.61. The number of ether oxygens (including phenoxy) is 1. The molecular formula is C10H15N3O4S. The first-order valence-electron chi connectivity index (χ1n) is 5.13. The van der Waals surface area contributed by atoms with Crippen LogP contribution in [-0.4, -0.2) is 34.1 Å². The summed E-state index contributed by atoms with van der Waals surface area (Å²) in [6.45, 7) is -0.130. The molecule has 0 fully saturated rings. The van der Waals surface area contributed by atoms with E-state index in [1.807, 2.05) is 0 Å². The zero-order chi connectivity index (χ0) is 13.6. The van der Waals surface area contributed by atoms with Crippen LogP contribution >= 0.6 is 0 Å². The fourth-order valence-electron chi connectivity index (χ4n) is 1.19. The van der Waals surface area contributed by atoms with Crippen LogP contribution in [0.25, 0.3) is 0 Å². The summed E-state index contributed by atoms with van der Waals surface area (Å²) in [5.41, 5.74) is 10.7. The first kappa shape index (κ1) is 14.4. The maximum Gasteiger partial charge on any atom is 0.243 e. The van der Waals surface area contributed by atoms with E-state index in [1.54, 1.807) is 12.1 Å². The van der Waals surface area contributed by atoms with Gasteiger partial charge in [-0.25, -0.2) is 13.1 Å². The highest BCUT2D eigenvalue weighted by Crippen LogP contribution is 2.11. The number of nitrogens with two attached hydrogens (primary N) is 2. The lowest BCUT2D eigenvalue weighted by Crippen LogP contribution is -2.29. The lowest BCUT2D eigenvalue weighted by molar-refractivity contribution is -0.122. The van der Waals surface area contributed by atoms with Crippen molar-refractivity contribution in [2.24, 2.45) is 5.73 Å². The molecule has 0 spiro atoms. The molecule has 0 unspecified atom stereocenters. The number of carbonyl (C=O) groups is 1. The highest BCUT2D eigenvalue weighted by molar-refractivity contribution is 7.89. The number of benzene rings is 1. The Hall–Kier alpha value is -1.64. The second kappa shape index (κ2) is 6.34. The maximum absolute atomic E-state index is 11.8. The number of hydrogen-bond acceptors (Lipinski definition) is 5. The molecule has 1 aromatic rings. The predicted octanol–water partition coefficient (Wildman–Crippen LogP) is -0.951. The molecule has 8 heteroatoms. The van der Waals surface area contributed by atoms with Crippen molar-refractivity contribution >= 4 is 21.6 Å². The van der Waals surface area contributed by atoms with E-state index in [4.69, 9.17) is 16.2 Å². The molecule has 0 saturated carbocycles. The lowest BCUT2D eigenvalue weighted by Gasteiger charge is -2.07. The van der Waals surface area contributed by atoms with Gasteiger partial charge in [0.1, 0.15) is 6.61 Å². The second-order valence-electron chi connectivity index (χ2n) is 3.49. The largest absolute Gasteiger partial charge is 0.399 e. The fraction of sp³-hybridized carbons (Fsp3) is 0.300. The average molecular weight is 273 g/mol. The van der Waals surface area contributed by atoms with Crippen LogP contribution in [0, 0.1) is 0 Å². The quantitative estimate of drug-likeness (QED) is 0.436. The molecule has 0 aliphatic heterocycles. The van der Waals surface area contributed by atoms with Gasteiger partial charge >= 0.3 is 0 Å². The monoisotopic (exact) mass is 273 g/mol. The Labute approximate surface area is 105 Å². The van der Waals surface area contributed by atoms with Gasteiger partial charge in [-0.05, 0) is 18.2 Å². The van der Waals surface area contributed by atoms with Crippen LogP contribution in [0.3, 0.4) is 0 Å². The Morgan fingerprint density at radius 2 is 2.11 bits per heavy atom. The molecule has 0 aromatic heterocycles. The molecule has 1 amide bonds. The van der Waals surface area contributed by atoms with Gasteiger partial charge in [0.2, 0.25) is 15.9 Å². The average Bonchev–Trinajstić information content (AvgIpc) is 2.28. The van der Waals surface area contributed by atoms with Gasteiger partial charge in [-0.15, -0.1) is 0 Å². The first-order valence-corrected chi connectivity index (χ1v) is 6.61. The third kappa shape index (κ3) is 4.70. The molecule has 5 N–H and O–H groups in total. The Bertz CT molecular complexity index is 516. The summed E-state index contributed by atoms with van der Waals surface area (Å²) in [5, 5.41) is 0. The number of nitrogens with one attached hydrogen (secondary N) is 1. The SMILES string of the molecule is NC(=O)COCCNS(=O)(=O)c1cccc(N)c1. The Kier molecular flexibility index (Phi) is 5.08. The van der Waals surface area contributed by atoms with E-state index in [2.05, 4.69) is 4.72 Å². The minimum absolute atomic E-state index is 0.0460. The van der Waals surface area contributed by atoms with Gasteiger partial charge < -0.3 is 16.2 Å². The summed E-state index contributed by atoms with van der Waals surface area (Å²) in [6, 6.07) is 5.93. The van der Waals surface area contributed by atoms with E-state index in [0.29, 0.717) is 5.69 Å². The standard InChI is InChI=1S/C10H15N3O4S/c11-8-2-1-3-9(6-8)18(15,16)13-4-5-17-7-10(12)14/h1-3,6,13H,4-5,7,11H2,(H2,12,14). The topological polar surface area (TPSA) is 125 Å². The van der Waals surface area contributed by atoms with E-state index >= 15 is 0 Å². The first-order chi connectivity index (χ1) is 8.42. The number of amides is 1. The highest BCUT2D eigenvalue weighted by Gasteiger charge is 2.13. The van der Waals surface area contributed by atoms with Crippen LogP contribution in [-0.2, 0) is 19.6 Å². The number of sulfonamides is 1. The molecule has 1 rings (SSSR count). The van der Waals surface area contributed by atoms with E-state index in [-0.39, 0.29) is 24.7 Å². The Balaban J connectivity index is 2.48. The summed E-state index contributed by atoms with van der Waals surface area (Å²) in [7, 11) is -3.61. The highest BCUT2D eigenvalue weighted by atomic mass is 32.2. The van der Waals surface area contributed by atoms with Gasteiger partial charge in [-0.3, -0.25) is 4.79 Å². The smallest absolute Gasteiger partial charge is 0.243 e. The molecule has 0 atom stereocenters. The summed E-state index contributed by atoms with van der Waals surface area (Å²) in [5.74, 6) is -0.603. The second-order valence-corrected chi connectivity index (χ2v) is 5.26. The minimum Gasteiger partial charge on any atom is -0.399 e. The molecule has 100 valence electrons. The summed E-state index contributed by atoms with van der Waals surface area (Å²) < 4.78 is 30.7. The zero-order valence-corrected chi connectivity index (χ0v) is 10.4. The number of carbonyl (C=O) groups excluding carboxylic acids is 1. The van der Waals surface area contributed by atoms with Crippen molar-refractivity contribution in [3.05, 3.63) is 24.3 Å². The van der Waals surface area contributed by atoms with Crippen LogP contribution in [0.5, 0.6) is 0 Å². The van der Waals surface area contributed by atoms with Crippen molar-refractivity contribution in [1.82, 2.24) is 4.72 Å². The van der Waals surface area contributed by atoms with Gasteiger partial charge in [0.15, 0.2) is 0 Å². The van der Waals surface area contributed by atoms with E-state index in [0.717, 1.165) is 0 Å². The van der Waals surface area contributed by atoms with Crippen LogP contribution < -0.4 is 16.2 Å². The van der Waals surface area contributed by atoms with Crippen LogP contribution in [0.1, 0.15) is 0 Å². The van der Waals surface area contributed by atoms with Gasteiger partial charge in [-0.2, -0.15) is 0 Å². The van der Waals surface area contributed by atoms with Crippen molar-refractivity contribution in [3.63, 3.8) is 0 Å². The van der Waals surface area contributed by atoms with Gasteiger partial charge in [0.05, 0.1) is 11.5 Å². The molecule has 0 bridgehead atoms. The van der Waals surface area contributed by atoms with Crippen molar-refractivity contribution in [3.8, 4) is 0 Å². The number of rotatable bonds is 7. The number of anilines is 1. The predicted molar refractivity (Wildman–Crippen MR) is 66.1 cm³/mol.